The molecule has 0 aromatic carbocycles. The van der Waals surface area contributed by atoms with Gasteiger partial charge in [-0.15, -0.1) is 6.58 Å². The van der Waals surface area contributed by atoms with Crippen LogP contribution in [0.2, 0.25) is 0 Å². The van der Waals surface area contributed by atoms with E-state index in [0.29, 0.717) is 0 Å². The Morgan fingerprint density at radius 1 is 1.00 bits per heavy atom. The highest BCUT2D eigenvalue weighted by Crippen LogP contribution is 1.97. The summed E-state index contributed by atoms with van der Waals surface area (Å²) in [6.07, 6.45) is 11.2. The monoisotopic (exact) mass is 183 g/mol. The average molecular weight is 183 g/mol. The fraction of sp³-hybridized carbons (Fsp3) is 0.833. The lowest BCUT2D eigenvalue weighted by Gasteiger charge is -2.03. The zero-order chi connectivity index (χ0) is 9.78. The van der Waals surface area contributed by atoms with Crippen LogP contribution in [0.3, 0.4) is 0 Å². The highest BCUT2D eigenvalue weighted by molar-refractivity contribution is 4.65. The van der Waals surface area contributed by atoms with Crippen LogP contribution in [0, 0.1) is 0 Å². The number of rotatable bonds is 10. The SMILES string of the molecule is C=CCCCCNCCCCCC. The Balaban J connectivity index is 2.79. The van der Waals surface area contributed by atoms with Crippen LogP contribution in [0.15, 0.2) is 12.7 Å². The molecule has 0 aliphatic heterocycles. The number of allylic oxidation sites excluding steroid dienone is 1. The average Bonchev–Trinajstić information content (AvgIpc) is 2.16. The first-order valence-corrected chi connectivity index (χ1v) is 5.73. The molecule has 78 valence electrons. The maximum absolute atomic E-state index is 3.71. The third kappa shape index (κ3) is 11.7. The van der Waals surface area contributed by atoms with Gasteiger partial charge in [0.05, 0.1) is 0 Å². The fourth-order valence-corrected chi connectivity index (χ4v) is 1.34. The molecule has 1 N–H and O–H groups in total. The molecule has 0 fully saturated rings. The molecule has 0 saturated heterocycles. The Morgan fingerprint density at radius 3 is 2.31 bits per heavy atom. The first kappa shape index (κ1) is 12.7. The van der Waals surface area contributed by atoms with Gasteiger partial charge in [-0.25, -0.2) is 0 Å². The molecule has 0 amide bonds. The van der Waals surface area contributed by atoms with E-state index in [1.54, 1.807) is 0 Å². The largest absolute Gasteiger partial charge is 0.317 e. The van der Waals surface area contributed by atoms with Gasteiger partial charge in [-0.05, 0) is 38.8 Å². The van der Waals surface area contributed by atoms with E-state index in [2.05, 4.69) is 18.8 Å². The van der Waals surface area contributed by atoms with Gasteiger partial charge in [-0.1, -0.05) is 32.3 Å². The van der Waals surface area contributed by atoms with Crippen molar-refractivity contribution in [2.45, 2.75) is 51.9 Å². The van der Waals surface area contributed by atoms with Crippen LogP contribution in [0.4, 0.5) is 0 Å². The van der Waals surface area contributed by atoms with E-state index in [0.717, 1.165) is 6.42 Å². The summed E-state index contributed by atoms with van der Waals surface area (Å²) >= 11 is 0. The molecule has 0 unspecified atom stereocenters. The molecule has 0 aromatic heterocycles. The van der Waals surface area contributed by atoms with Gasteiger partial charge in [-0.2, -0.15) is 0 Å². The minimum Gasteiger partial charge on any atom is -0.317 e. The highest BCUT2D eigenvalue weighted by atomic mass is 14.8. The van der Waals surface area contributed by atoms with Gasteiger partial charge in [0.1, 0.15) is 0 Å². The molecule has 0 rings (SSSR count). The first-order chi connectivity index (χ1) is 6.41. The number of hydrogen-bond donors (Lipinski definition) is 1. The van der Waals surface area contributed by atoms with Crippen molar-refractivity contribution in [2.75, 3.05) is 13.1 Å². The smallest absolute Gasteiger partial charge is 0.00488 e. The van der Waals surface area contributed by atoms with Gasteiger partial charge in [0, 0.05) is 0 Å². The maximum atomic E-state index is 3.71. The van der Waals surface area contributed by atoms with Crippen molar-refractivity contribution in [2.24, 2.45) is 0 Å². The van der Waals surface area contributed by atoms with Gasteiger partial charge >= 0.3 is 0 Å². The normalized spacial score (nSPS) is 10.2. The number of nitrogens with one attached hydrogen (secondary N) is 1. The van der Waals surface area contributed by atoms with Gasteiger partial charge in [-0.3, -0.25) is 0 Å². The summed E-state index contributed by atoms with van der Waals surface area (Å²) in [5, 5.41) is 3.47. The van der Waals surface area contributed by atoms with E-state index in [1.807, 2.05) is 6.08 Å². The Hall–Kier alpha value is -0.300. The Morgan fingerprint density at radius 2 is 1.69 bits per heavy atom. The van der Waals surface area contributed by atoms with Gasteiger partial charge in [0.2, 0.25) is 0 Å². The second-order valence-corrected chi connectivity index (χ2v) is 3.60. The molecule has 0 aromatic rings. The number of unbranched alkanes of at least 4 members (excludes halogenated alkanes) is 5. The summed E-state index contributed by atoms with van der Waals surface area (Å²) in [5.74, 6) is 0. The molecule has 0 aliphatic carbocycles. The fourth-order valence-electron chi connectivity index (χ4n) is 1.34. The van der Waals surface area contributed by atoms with Crippen LogP contribution in [-0.2, 0) is 0 Å². The number of hydrogen-bond acceptors (Lipinski definition) is 1. The zero-order valence-corrected chi connectivity index (χ0v) is 9.15. The zero-order valence-electron chi connectivity index (χ0n) is 9.15. The highest BCUT2D eigenvalue weighted by Gasteiger charge is 1.88. The Labute approximate surface area is 83.6 Å². The standard InChI is InChI=1S/C12H25N/c1-3-5-7-9-11-13-12-10-8-6-4-2/h3,13H,1,4-12H2,2H3. The lowest BCUT2D eigenvalue weighted by molar-refractivity contribution is 0.577. The summed E-state index contributed by atoms with van der Waals surface area (Å²) in [6, 6.07) is 0. The van der Waals surface area contributed by atoms with Crippen molar-refractivity contribution >= 4 is 0 Å². The topological polar surface area (TPSA) is 12.0 Å². The molecule has 0 heterocycles. The lowest BCUT2D eigenvalue weighted by Crippen LogP contribution is -2.16. The maximum Gasteiger partial charge on any atom is -0.00488 e. The van der Waals surface area contributed by atoms with Crippen molar-refractivity contribution in [3.05, 3.63) is 12.7 Å². The van der Waals surface area contributed by atoms with Gasteiger partial charge < -0.3 is 5.32 Å². The third-order valence-corrected chi connectivity index (χ3v) is 2.22. The van der Waals surface area contributed by atoms with Crippen molar-refractivity contribution in [3.8, 4) is 0 Å². The molecule has 0 spiro atoms. The van der Waals surface area contributed by atoms with Crippen molar-refractivity contribution < 1.29 is 0 Å². The predicted octanol–water partition coefficient (Wildman–Crippen LogP) is 3.51. The molecule has 1 nitrogen and oxygen atoms in total. The summed E-state index contributed by atoms with van der Waals surface area (Å²) in [4.78, 5) is 0. The third-order valence-electron chi connectivity index (χ3n) is 2.22. The van der Waals surface area contributed by atoms with E-state index in [9.17, 15) is 0 Å². The quantitative estimate of drug-likeness (QED) is 0.404. The van der Waals surface area contributed by atoms with Crippen LogP contribution in [0.1, 0.15) is 51.9 Å². The summed E-state index contributed by atoms with van der Waals surface area (Å²) in [7, 11) is 0. The minimum absolute atomic E-state index is 1.16. The summed E-state index contributed by atoms with van der Waals surface area (Å²) < 4.78 is 0. The Kier molecular flexibility index (Phi) is 11.4. The lowest BCUT2D eigenvalue weighted by atomic mass is 10.2. The predicted molar refractivity (Wildman–Crippen MR) is 61.1 cm³/mol. The molecule has 0 bridgehead atoms. The second-order valence-electron chi connectivity index (χ2n) is 3.60. The van der Waals surface area contributed by atoms with Crippen molar-refractivity contribution in [3.63, 3.8) is 0 Å². The van der Waals surface area contributed by atoms with E-state index < -0.39 is 0 Å². The molecule has 0 radical (unpaired) electrons. The first-order valence-electron chi connectivity index (χ1n) is 5.73. The molecule has 0 aliphatic rings. The van der Waals surface area contributed by atoms with E-state index >= 15 is 0 Å². The molecular weight excluding hydrogens is 158 g/mol. The van der Waals surface area contributed by atoms with Crippen LogP contribution in [0.25, 0.3) is 0 Å². The molecule has 0 atom stereocenters. The van der Waals surface area contributed by atoms with E-state index in [4.69, 9.17) is 0 Å². The van der Waals surface area contributed by atoms with Crippen LogP contribution >= 0.6 is 0 Å². The van der Waals surface area contributed by atoms with Crippen LogP contribution in [-0.4, -0.2) is 13.1 Å². The van der Waals surface area contributed by atoms with Gasteiger partial charge in [0.15, 0.2) is 0 Å². The summed E-state index contributed by atoms with van der Waals surface area (Å²) in [6.45, 7) is 8.34. The molecule has 0 saturated carbocycles. The molecule has 1 heteroatoms. The minimum atomic E-state index is 1.16. The second kappa shape index (κ2) is 11.7. The van der Waals surface area contributed by atoms with E-state index in [1.165, 1.54) is 51.6 Å². The van der Waals surface area contributed by atoms with Crippen molar-refractivity contribution in [1.29, 1.82) is 0 Å². The summed E-state index contributed by atoms with van der Waals surface area (Å²) in [5.41, 5.74) is 0. The van der Waals surface area contributed by atoms with E-state index in [-0.39, 0.29) is 0 Å². The van der Waals surface area contributed by atoms with Crippen LogP contribution < -0.4 is 5.32 Å². The van der Waals surface area contributed by atoms with Crippen molar-refractivity contribution in [1.82, 2.24) is 5.32 Å². The molecule has 13 heavy (non-hydrogen) atoms. The Bertz CT molecular complexity index is 99.3. The molecular formula is C12H25N. The van der Waals surface area contributed by atoms with Gasteiger partial charge in [0.25, 0.3) is 0 Å². The van der Waals surface area contributed by atoms with Crippen LogP contribution in [0.5, 0.6) is 0 Å².